The van der Waals surface area contributed by atoms with Crippen molar-refractivity contribution >= 4 is 11.7 Å². The second kappa shape index (κ2) is 6.37. The number of nitro benzene ring substituents is 1. The summed E-state index contributed by atoms with van der Waals surface area (Å²) in [6, 6.07) is 3.76. The van der Waals surface area contributed by atoms with Crippen LogP contribution in [0.1, 0.15) is 22.3 Å². The highest BCUT2D eigenvalue weighted by Gasteiger charge is 2.16. The third-order valence-electron chi connectivity index (χ3n) is 2.08. The highest BCUT2D eigenvalue weighted by atomic mass is 16.6. The molecule has 0 bridgehead atoms. The van der Waals surface area contributed by atoms with Gasteiger partial charge >= 0.3 is 5.97 Å². The van der Waals surface area contributed by atoms with Gasteiger partial charge in [-0.05, 0) is 6.07 Å². The van der Waals surface area contributed by atoms with Crippen LogP contribution in [-0.2, 0) is 4.74 Å². The first-order valence-electron chi connectivity index (χ1n) is 5.06. The van der Waals surface area contributed by atoms with Gasteiger partial charge < -0.3 is 9.84 Å². The summed E-state index contributed by atoms with van der Waals surface area (Å²) >= 11 is 0. The van der Waals surface area contributed by atoms with Crippen LogP contribution in [0.4, 0.5) is 5.69 Å². The summed E-state index contributed by atoms with van der Waals surface area (Å²) in [6.45, 7) is -0.0897. The summed E-state index contributed by atoms with van der Waals surface area (Å²) in [7, 11) is 1.19. The van der Waals surface area contributed by atoms with Crippen molar-refractivity contribution in [1.82, 2.24) is 0 Å². The van der Waals surface area contributed by atoms with E-state index in [0.29, 0.717) is 5.56 Å². The van der Waals surface area contributed by atoms with Crippen molar-refractivity contribution in [3.8, 4) is 11.8 Å². The van der Waals surface area contributed by atoms with Gasteiger partial charge in [0.25, 0.3) is 5.69 Å². The minimum atomic E-state index is -0.688. The maximum Gasteiger partial charge on any atom is 0.339 e. The Hall–Kier alpha value is -2.39. The van der Waals surface area contributed by atoms with Gasteiger partial charge in [-0.25, -0.2) is 4.79 Å². The first-order valence-corrected chi connectivity index (χ1v) is 5.06. The molecule has 6 nitrogen and oxygen atoms in total. The number of ether oxygens (including phenoxy) is 1. The molecule has 0 radical (unpaired) electrons. The van der Waals surface area contributed by atoms with Crippen LogP contribution in [0, 0.1) is 22.0 Å². The van der Waals surface area contributed by atoms with E-state index >= 15 is 0 Å². The second-order valence-electron chi connectivity index (χ2n) is 3.25. The number of aliphatic hydroxyl groups is 1. The zero-order chi connectivity index (χ0) is 13.5. The van der Waals surface area contributed by atoms with Crippen molar-refractivity contribution < 1.29 is 19.6 Å². The molecule has 0 atom stereocenters. The molecule has 0 spiro atoms. The fourth-order valence-corrected chi connectivity index (χ4v) is 1.25. The Kier molecular flexibility index (Phi) is 4.84. The average Bonchev–Trinajstić information content (AvgIpc) is 2.38. The van der Waals surface area contributed by atoms with Gasteiger partial charge in [-0.15, -0.1) is 0 Å². The Labute approximate surface area is 103 Å². The maximum atomic E-state index is 11.5. The zero-order valence-electron chi connectivity index (χ0n) is 9.67. The van der Waals surface area contributed by atoms with Gasteiger partial charge in [0, 0.05) is 24.1 Å². The predicted molar refractivity (Wildman–Crippen MR) is 63.0 cm³/mol. The van der Waals surface area contributed by atoms with Crippen molar-refractivity contribution in [1.29, 1.82) is 0 Å². The van der Waals surface area contributed by atoms with Crippen molar-refractivity contribution in [2.45, 2.75) is 6.42 Å². The van der Waals surface area contributed by atoms with Crippen LogP contribution < -0.4 is 0 Å². The van der Waals surface area contributed by atoms with Crippen molar-refractivity contribution in [3.05, 3.63) is 39.4 Å². The Morgan fingerprint density at radius 2 is 2.28 bits per heavy atom. The SMILES string of the molecule is COC(=O)c1cc([N+](=O)[O-])ccc1C#CCCO. The predicted octanol–water partition coefficient (Wildman–Crippen LogP) is 1.12. The quantitative estimate of drug-likeness (QED) is 0.375. The lowest BCUT2D eigenvalue weighted by Crippen LogP contribution is -2.05. The number of aliphatic hydroxyl groups excluding tert-OH is 1. The number of carbonyl (C=O) groups excluding carboxylic acids is 1. The minimum Gasteiger partial charge on any atom is -0.465 e. The van der Waals surface area contributed by atoms with E-state index in [2.05, 4.69) is 16.6 Å². The van der Waals surface area contributed by atoms with E-state index in [1.54, 1.807) is 0 Å². The van der Waals surface area contributed by atoms with Gasteiger partial charge in [0.2, 0.25) is 0 Å². The molecule has 0 aliphatic heterocycles. The van der Waals surface area contributed by atoms with E-state index in [1.165, 1.54) is 19.2 Å². The molecule has 6 heteroatoms. The smallest absolute Gasteiger partial charge is 0.339 e. The fourth-order valence-electron chi connectivity index (χ4n) is 1.25. The van der Waals surface area contributed by atoms with Crippen LogP contribution in [0.3, 0.4) is 0 Å². The van der Waals surface area contributed by atoms with E-state index in [0.717, 1.165) is 6.07 Å². The monoisotopic (exact) mass is 249 g/mol. The van der Waals surface area contributed by atoms with Gasteiger partial charge in [-0.2, -0.15) is 0 Å². The topological polar surface area (TPSA) is 89.7 Å². The van der Waals surface area contributed by atoms with E-state index in [-0.39, 0.29) is 24.3 Å². The molecule has 0 amide bonds. The number of hydrogen-bond acceptors (Lipinski definition) is 5. The number of esters is 1. The number of non-ortho nitro benzene ring substituents is 1. The highest BCUT2D eigenvalue weighted by molar-refractivity contribution is 5.93. The molecule has 0 unspecified atom stereocenters. The molecule has 1 N–H and O–H groups in total. The standard InChI is InChI=1S/C12H11NO5/c1-18-12(15)11-8-10(13(16)17)6-5-9(11)4-2-3-7-14/h5-6,8,14H,3,7H2,1H3. The van der Waals surface area contributed by atoms with Gasteiger partial charge in [0.15, 0.2) is 0 Å². The summed E-state index contributed by atoms with van der Waals surface area (Å²) < 4.78 is 4.54. The minimum absolute atomic E-state index is 0.0390. The first-order chi connectivity index (χ1) is 8.60. The number of nitrogens with zero attached hydrogens (tertiary/aromatic N) is 1. The van der Waals surface area contributed by atoms with Crippen LogP contribution in [0.15, 0.2) is 18.2 Å². The Morgan fingerprint density at radius 1 is 1.56 bits per heavy atom. The molecule has 1 rings (SSSR count). The number of carbonyl (C=O) groups is 1. The van der Waals surface area contributed by atoms with E-state index in [1.807, 2.05) is 0 Å². The molecule has 0 aliphatic rings. The lowest BCUT2D eigenvalue weighted by molar-refractivity contribution is -0.384. The highest BCUT2D eigenvalue weighted by Crippen LogP contribution is 2.18. The molecular weight excluding hydrogens is 238 g/mol. The molecule has 0 saturated heterocycles. The maximum absolute atomic E-state index is 11.5. The number of methoxy groups -OCH3 is 1. The normalized spacial score (nSPS) is 9.22. The first kappa shape index (κ1) is 13.7. The molecule has 1 aromatic rings. The van der Waals surface area contributed by atoms with Crippen LogP contribution in [0.2, 0.25) is 0 Å². The molecular formula is C12H11NO5. The molecule has 0 fully saturated rings. The molecule has 94 valence electrons. The van der Waals surface area contributed by atoms with E-state index < -0.39 is 10.9 Å². The van der Waals surface area contributed by atoms with Gasteiger partial charge in [-0.3, -0.25) is 10.1 Å². The molecule has 0 aliphatic carbocycles. The molecule has 1 aromatic carbocycles. The number of rotatable bonds is 3. The van der Waals surface area contributed by atoms with Gasteiger partial charge in [0.1, 0.15) is 0 Å². The van der Waals surface area contributed by atoms with E-state index in [4.69, 9.17) is 5.11 Å². The van der Waals surface area contributed by atoms with E-state index in [9.17, 15) is 14.9 Å². The Morgan fingerprint density at radius 3 is 2.83 bits per heavy atom. The van der Waals surface area contributed by atoms with Crippen molar-refractivity contribution in [3.63, 3.8) is 0 Å². The molecule has 0 saturated carbocycles. The number of hydrogen-bond donors (Lipinski definition) is 1. The lowest BCUT2D eigenvalue weighted by atomic mass is 10.1. The molecule has 0 heterocycles. The van der Waals surface area contributed by atoms with Gasteiger partial charge in [0.05, 0.1) is 24.2 Å². The van der Waals surface area contributed by atoms with Gasteiger partial charge in [-0.1, -0.05) is 11.8 Å². The molecule has 0 aromatic heterocycles. The third-order valence-corrected chi connectivity index (χ3v) is 2.08. The summed E-state index contributed by atoms with van der Waals surface area (Å²) in [4.78, 5) is 21.5. The summed E-state index contributed by atoms with van der Waals surface area (Å²) in [6.07, 6.45) is 0.262. The Balaban J connectivity index is 3.22. The average molecular weight is 249 g/mol. The van der Waals surface area contributed by atoms with Crippen LogP contribution >= 0.6 is 0 Å². The summed E-state index contributed by atoms with van der Waals surface area (Å²) in [5.41, 5.74) is 0.168. The third kappa shape index (κ3) is 3.30. The van der Waals surface area contributed by atoms with Crippen LogP contribution in [0.5, 0.6) is 0 Å². The second-order valence-corrected chi connectivity index (χ2v) is 3.25. The van der Waals surface area contributed by atoms with Crippen LogP contribution in [-0.4, -0.2) is 29.7 Å². The van der Waals surface area contributed by atoms with Crippen molar-refractivity contribution in [2.75, 3.05) is 13.7 Å². The summed E-state index contributed by atoms with van der Waals surface area (Å²) in [5, 5.41) is 19.2. The zero-order valence-corrected chi connectivity index (χ0v) is 9.67. The molecule has 18 heavy (non-hydrogen) atoms. The lowest BCUT2D eigenvalue weighted by Gasteiger charge is -2.02. The fraction of sp³-hybridized carbons (Fsp3) is 0.250. The summed E-state index contributed by atoms with van der Waals surface area (Å²) in [5.74, 6) is 4.62. The van der Waals surface area contributed by atoms with Crippen LogP contribution in [0.25, 0.3) is 0 Å². The van der Waals surface area contributed by atoms with Crippen molar-refractivity contribution in [2.24, 2.45) is 0 Å². The number of benzene rings is 1. The number of nitro groups is 1. The Bertz CT molecular complexity index is 527. The largest absolute Gasteiger partial charge is 0.465 e.